The van der Waals surface area contributed by atoms with E-state index in [4.69, 9.17) is 4.74 Å². The highest BCUT2D eigenvalue weighted by Gasteiger charge is 2.24. The lowest BCUT2D eigenvalue weighted by atomic mass is 10.00. The smallest absolute Gasteiger partial charge is 0.253 e. The van der Waals surface area contributed by atoms with Crippen LogP contribution in [-0.2, 0) is 11.2 Å². The number of piperidine rings is 1. The molecule has 1 aliphatic rings. The summed E-state index contributed by atoms with van der Waals surface area (Å²) < 4.78 is 5.43. The quantitative estimate of drug-likeness (QED) is 0.678. The minimum absolute atomic E-state index is 0.0395. The van der Waals surface area contributed by atoms with Crippen LogP contribution in [0.15, 0.2) is 48.5 Å². The van der Waals surface area contributed by atoms with Crippen molar-refractivity contribution in [2.75, 3.05) is 19.7 Å². The number of rotatable bonds is 8. The highest BCUT2D eigenvalue weighted by atomic mass is 16.5. The zero-order valence-corrected chi connectivity index (χ0v) is 18.9. The molecule has 1 N–H and O–H groups in total. The number of carbonyl (C=O) groups is 2. The van der Waals surface area contributed by atoms with Crippen molar-refractivity contribution in [1.29, 1.82) is 0 Å². The van der Waals surface area contributed by atoms with Crippen LogP contribution in [0.25, 0.3) is 0 Å². The van der Waals surface area contributed by atoms with Crippen LogP contribution in [0.3, 0.4) is 0 Å². The Kier molecular flexibility index (Phi) is 8.10. The van der Waals surface area contributed by atoms with Gasteiger partial charge in [-0.25, -0.2) is 0 Å². The predicted molar refractivity (Wildman–Crippen MR) is 124 cm³/mol. The van der Waals surface area contributed by atoms with Crippen LogP contribution >= 0.6 is 0 Å². The average molecular weight is 423 g/mol. The monoisotopic (exact) mass is 422 g/mol. The Labute approximate surface area is 185 Å². The van der Waals surface area contributed by atoms with E-state index in [9.17, 15) is 9.59 Å². The molecule has 0 saturated carbocycles. The summed E-state index contributed by atoms with van der Waals surface area (Å²) in [7, 11) is 0. The number of ether oxygens (including phenoxy) is 1. The Balaban J connectivity index is 1.41. The number of carbonyl (C=O) groups excluding carboxylic acids is 2. The number of benzene rings is 2. The molecule has 2 amide bonds. The highest BCUT2D eigenvalue weighted by Crippen LogP contribution is 2.18. The van der Waals surface area contributed by atoms with E-state index in [-0.39, 0.29) is 17.9 Å². The van der Waals surface area contributed by atoms with Crippen LogP contribution in [0.2, 0.25) is 0 Å². The second kappa shape index (κ2) is 11.0. The third kappa shape index (κ3) is 6.58. The molecule has 0 radical (unpaired) electrons. The Bertz CT molecular complexity index is 851. The summed E-state index contributed by atoms with van der Waals surface area (Å²) in [5, 5.41) is 3.15. The van der Waals surface area contributed by atoms with Crippen molar-refractivity contribution in [2.24, 2.45) is 0 Å². The van der Waals surface area contributed by atoms with Gasteiger partial charge in [0, 0.05) is 31.1 Å². The second-order valence-electron chi connectivity index (χ2n) is 8.49. The van der Waals surface area contributed by atoms with Crippen molar-refractivity contribution in [3.05, 3.63) is 65.2 Å². The predicted octanol–water partition coefficient (Wildman–Crippen LogP) is 4.56. The highest BCUT2D eigenvalue weighted by molar-refractivity contribution is 5.94. The van der Waals surface area contributed by atoms with Crippen molar-refractivity contribution in [3.8, 4) is 5.75 Å². The van der Waals surface area contributed by atoms with Crippen LogP contribution in [0.5, 0.6) is 5.75 Å². The molecule has 0 aliphatic carbocycles. The van der Waals surface area contributed by atoms with Crippen molar-refractivity contribution >= 4 is 11.8 Å². The van der Waals surface area contributed by atoms with E-state index in [1.54, 1.807) is 0 Å². The van der Waals surface area contributed by atoms with Crippen molar-refractivity contribution in [2.45, 2.75) is 58.4 Å². The van der Waals surface area contributed by atoms with E-state index in [2.05, 4.69) is 43.4 Å². The molecule has 3 rings (SSSR count). The van der Waals surface area contributed by atoms with Gasteiger partial charge in [-0.3, -0.25) is 9.59 Å². The lowest BCUT2D eigenvalue weighted by molar-refractivity contribution is -0.122. The number of nitrogens with zero attached hydrogens (tertiary/aromatic N) is 1. The normalized spacial score (nSPS) is 14.5. The number of hydrogen-bond acceptors (Lipinski definition) is 3. The van der Waals surface area contributed by atoms with E-state index in [1.165, 1.54) is 11.1 Å². The summed E-state index contributed by atoms with van der Waals surface area (Å²) in [6.45, 7) is 8.23. The average Bonchev–Trinajstić information content (AvgIpc) is 2.79. The van der Waals surface area contributed by atoms with Crippen LogP contribution in [0.1, 0.15) is 67.4 Å². The fourth-order valence-electron chi connectivity index (χ4n) is 3.90. The summed E-state index contributed by atoms with van der Waals surface area (Å²) in [6.07, 6.45) is 2.82. The summed E-state index contributed by atoms with van der Waals surface area (Å²) in [6, 6.07) is 16.0. The molecule has 5 nitrogen and oxygen atoms in total. The molecule has 1 heterocycles. The lowest BCUT2D eigenvalue weighted by Gasteiger charge is -2.32. The first-order valence-corrected chi connectivity index (χ1v) is 11.4. The van der Waals surface area contributed by atoms with E-state index in [1.807, 2.05) is 36.1 Å². The molecule has 1 saturated heterocycles. The number of hydrogen-bond donors (Lipinski definition) is 1. The number of likely N-dealkylation sites (tertiary alicyclic amines) is 1. The molecular formula is C26H34N2O3. The molecule has 31 heavy (non-hydrogen) atoms. The van der Waals surface area contributed by atoms with E-state index in [0.29, 0.717) is 37.6 Å². The van der Waals surface area contributed by atoms with Gasteiger partial charge in [0.1, 0.15) is 5.75 Å². The summed E-state index contributed by atoms with van der Waals surface area (Å²) in [4.78, 5) is 27.0. The van der Waals surface area contributed by atoms with Crippen molar-refractivity contribution in [3.63, 3.8) is 0 Å². The fraction of sp³-hybridized carbons (Fsp3) is 0.462. The molecule has 1 fully saturated rings. The molecule has 1 aliphatic heterocycles. The van der Waals surface area contributed by atoms with Crippen LogP contribution in [0.4, 0.5) is 0 Å². The van der Waals surface area contributed by atoms with Crippen molar-refractivity contribution < 1.29 is 14.3 Å². The van der Waals surface area contributed by atoms with E-state index < -0.39 is 0 Å². The van der Waals surface area contributed by atoms with Gasteiger partial charge in [-0.1, -0.05) is 38.1 Å². The standard InChI is InChI=1S/C26H34N2O3/c1-4-31-24-12-10-22(11-13-24)26(30)28-17-15-23(16-18-28)27-25(29)14-7-20-5-8-21(9-6-20)19(2)3/h5-6,8-13,19,23H,4,7,14-18H2,1-3H3,(H,27,29). The molecule has 0 bridgehead atoms. The first-order valence-electron chi connectivity index (χ1n) is 11.4. The third-order valence-corrected chi connectivity index (χ3v) is 5.85. The SMILES string of the molecule is CCOc1ccc(C(=O)N2CCC(NC(=O)CCc3ccc(C(C)C)cc3)CC2)cc1. The van der Waals surface area contributed by atoms with Gasteiger partial charge in [0.15, 0.2) is 0 Å². The van der Waals surface area contributed by atoms with Crippen molar-refractivity contribution in [1.82, 2.24) is 10.2 Å². The van der Waals surface area contributed by atoms with Gasteiger partial charge >= 0.3 is 0 Å². The number of aryl methyl sites for hydroxylation is 1. The zero-order chi connectivity index (χ0) is 22.2. The van der Waals surface area contributed by atoms with Crippen LogP contribution < -0.4 is 10.1 Å². The van der Waals surface area contributed by atoms with Gasteiger partial charge in [-0.05, 0) is 67.5 Å². The molecule has 5 heteroatoms. The maximum absolute atomic E-state index is 12.7. The summed E-state index contributed by atoms with van der Waals surface area (Å²) >= 11 is 0. The Morgan fingerprint density at radius 1 is 1.03 bits per heavy atom. The third-order valence-electron chi connectivity index (χ3n) is 5.85. The Morgan fingerprint density at radius 2 is 1.68 bits per heavy atom. The molecule has 0 atom stereocenters. The van der Waals surface area contributed by atoms with Crippen LogP contribution in [0, 0.1) is 0 Å². The van der Waals surface area contributed by atoms with Gasteiger partial charge in [0.05, 0.1) is 6.61 Å². The van der Waals surface area contributed by atoms with Gasteiger partial charge in [0.2, 0.25) is 5.91 Å². The minimum atomic E-state index is 0.0395. The largest absolute Gasteiger partial charge is 0.494 e. The molecule has 2 aromatic rings. The van der Waals surface area contributed by atoms with Crippen LogP contribution in [-0.4, -0.2) is 42.5 Å². The molecular weight excluding hydrogens is 388 g/mol. The van der Waals surface area contributed by atoms with Gasteiger partial charge in [-0.15, -0.1) is 0 Å². The van der Waals surface area contributed by atoms with E-state index in [0.717, 1.165) is 25.0 Å². The maximum atomic E-state index is 12.7. The number of amides is 2. The Morgan fingerprint density at radius 3 is 2.26 bits per heavy atom. The first-order chi connectivity index (χ1) is 15.0. The summed E-state index contributed by atoms with van der Waals surface area (Å²) in [5.74, 6) is 1.42. The minimum Gasteiger partial charge on any atom is -0.494 e. The second-order valence-corrected chi connectivity index (χ2v) is 8.49. The molecule has 0 spiro atoms. The summed E-state index contributed by atoms with van der Waals surface area (Å²) in [5.41, 5.74) is 3.18. The molecule has 0 aromatic heterocycles. The maximum Gasteiger partial charge on any atom is 0.253 e. The Hall–Kier alpha value is -2.82. The molecule has 0 unspecified atom stereocenters. The topological polar surface area (TPSA) is 58.6 Å². The molecule has 2 aromatic carbocycles. The van der Waals surface area contributed by atoms with Gasteiger partial charge in [-0.2, -0.15) is 0 Å². The van der Waals surface area contributed by atoms with Gasteiger partial charge in [0.25, 0.3) is 5.91 Å². The molecule has 166 valence electrons. The van der Waals surface area contributed by atoms with Gasteiger partial charge < -0.3 is 15.0 Å². The van der Waals surface area contributed by atoms with E-state index >= 15 is 0 Å². The number of nitrogens with one attached hydrogen (secondary N) is 1. The fourth-order valence-corrected chi connectivity index (χ4v) is 3.90. The zero-order valence-electron chi connectivity index (χ0n) is 18.9. The lowest BCUT2D eigenvalue weighted by Crippen LogP contribution is -2.46. The first kappa shape index (κ1) is 22.9.